The number of carbonyl (C=O) groups is 1. The molecule has 0 aliphatic rings. The summed E-state index contributed by atoms with van der Waals surface area (Å²) in [4.78, 5) is 12.1. The lowest BCUT2D eigenvalue weighted by atomic mass is 10.1. The number of fused-ring (bicyclic) bond motifs is 1. The molecule has 21 heavy (non-hydrogen) atoms. The molecule has 0 heterocycles. The standard InChI is InChI=1S/C17H12FNO2/c18-14-8-2-1-5-13(14)17(21)19-15-9-3-7-12-11(15)6-4-10-16(12)20/h1-10,20H,(H,19,21). The van der Waals surface area contributed by atoms with Gasteiger partial charge in [0, 0.05) is 16.5 Å². The Labute approximate surface area is 120 Å². The van der Waals surface area contributed by atoms with E-state index in [0.29, 0.717) is 16.5 Å². The molecule has 0 aliphatic heterocycles. The number of nitrogens with one attached hydrogen (secondary N) is 1. The van der Waals surface area contributed by atoms with Crippen LogP contribution in [0.2, 0.25) is 0 Å². The molecule has 0 spiro atoms. The van der Waals surface area contributed by atoms with Crippen molar-refractivity contribution in [1.82, 2.24) is 0 Å². The first-order valence-corrected chi connectivity index (χ1v) is 6.43. The molecule has 0 saturated carbocycles. The molecule has 0 unspecified atom stereocenters. The van der Waals surface area contributed by atoms with E-state index in [9.17, 15) is 14.3 Å². The van der Waals surface area contributed by atoms with Gasteiger partial charge in [0.2, 0.25) is 0 Å². The van der Waals surface area contributed by atoms with Crippen LogP contribution in [0.4, 0.5) is 10.1 Å². The quantitative estimate of drug-likeness (QED) is 0.747. The van der Waals surface area contributed by atoms with Crippen LogP contribution in [0.1, 0.15) is 10.4 Å². The number of hydrogen-bond acceptors (Lipinski definition) is 2. The van der Waals surface area contributed by atoms with Crippen LogP contribution in [0, 0.1) is 5.82 Å². The van der Waals surface area contributed by atoms with Gasteiger partial charge in [-0.15, -0.1) is 0 Å². The third kappa shape index (κ3) is 2.43. The molecule has 0 atom stereocenters. The maximum absolute atomic E-state index is 13.6. The molecule has 1 amide bonds. The zero-order chi connectivity index (χ0) is 14.8. The number of rotatable bonds is 2. The Bertz CT molecular complexity index is 830. The minimum atomic E-state index is -0.571. The van der Waals surface area contributed by atoms with E-state index in [0.717, 1.165) is 0 Å². The topological polar surface area (TPSA) is 49.3 Å². The summed E-state index contributed by atoms with van der Waals surface area (Å²) in [5, 5.41) is 13.8. The summed E-state index contributed by atoms with van der Waals surface area (Å²) < 4.78 is 13.6. The highest BCUT2D eigenvalue weighted by molar-refractivity contribution is 6.10. The zero-order valence-corrected chi connectivity index (χ0v) is 11.0. The minimum Gasteiger partial charge on any atom is -0.507 e. The lowest BCUT2D eigenvalue weighted by Crippen LogP contribution is -2.13. The third-order valence-electron chi connectivity index (χ3n) is 3.27. The van der Waals surface area contributed by atoms with Crippen LogP contribution in [-0.2, 0) is 0 Å². The average Bonchev–Trinajstić information content (AvgIpc) is 2.49. The number of carbonyl (C=O) groups excluding carboxylic acids is 1. The number of anilines is 1. The highest BCUT2D eigenvalue weighted by Crippen LogP contribution is 2.30. The van der Waals surface area contributed by atoms with Crippen LogP contribution < -0.4 is 5.32 Å². The van der Waals surface area contributed by atoms with E-state index in [1.807, 2.05) is 0 Å². The smallest absolute Gasteiger partial charge is 0.258 e. The monoisotopic (exact) mass is 281 g/mol. The fourth-order valence-electron chi connectivity index (χ4n) is 2.24. The van der Waals surface area contributed by atoms with Crippen molar-refractivity contribution < 1.29 is 14.3 Å². The predicted molar refractivity (Wildman–Crippen MR) is 80.0 cm³/mol. The van der Waals surface area contributed by atoms with Crippen molar-refractivity contribution in [3.63, 3.8) is 0 Å². The molecular weight excluding hydrogens is 269 g/mol. The molecule has 0 radical (unpaired) electrons. The van der Waals surface area contributed by atoms with Gasteiger partial charge in [-0.3, -0.25) is 4.79 Å². The van der Waals surface area contributed by atoms with Crippen LogP contribution in [0.5, 0.6) is 5.75 Å². The fourth-order valence-corrected chi connectivity index (χ4v) is 2.24. The molecule has 104 valence electrons. The Kier molecular flexibility index (Phi) is 3.28. The van der Waals surface area contributed by atoms with Crippen molar-refractivity contribution in [3.8, 4) is 5.75 Å². The molecule has 3 nitrogen and oxygen atoms in total. The van der Waals surface area contributed by atoms with Gasteiger partial charge in [0.15, 0.2) is 0 Å². The van der Waals surface area contributed by atoms with Crippen LogP contribution in [-0.4, -0.2) is 11.0 Å². The summed E-state index contributed by atoms with van der Waals surface area (Å²) in [6.07, 6.45) is 0. The van der Waals surface area contributed by atoms with E-state index in [-0.39, 0.29) is 11.3 Å². The van der Waals surface area contributed by atoms with Gasteiger partial charge in [-0.1, -0.05) is 36.4 Å². The molecule has 3 aromatic carbocycles. The number of aromatic hydroxyl groups is 1. The zero-order valence-electron chi connectivity index (χ0n) is 11.0. The van der Waals surface area contributed by atoms with Crippen LogP contribution in [0.25, 0.3) is 10.8 Å². The van der Waals surface area contributed by atoms with E-state index in [4.69, 9.17) is 0 Å². The first-order valence-electron chi connectivity index (χ1n) is 6.43. The summed E-state index contributed by atoms with van der Waals surface area (Å²) in [5.74, 6) is -0.962. The molecule has 3 aromatic rings. The first kappa shape index (κ1) is 13.1. The second-order valence-corrected chi connectivity index (χ2v) is 4.61. The maximum atomic E-state index is 13.6. The van der Waals surface area contributed by atoms with Gasteiger partial charge in [-0.05, 0) is 24.3 Å². The van der Waals surface area contributed by atoms with Gasteiger partial charge in [-0.2, -0.15) is 0 Å². The van der Waals surface area contributed by atoms with Crippen LogP contribution >= 0.6 is 0 Å². The number of phenols is 1. The van der Waals surface area contributed by atoms with Crippen LogP contribution in [0.3, 0.4) is 0 Å². The average molecular weight is 281 g/mol. The summed E-state index contributed by atoms with van der Waals surface area (Å²) >= 11 is 0. The van der Waals surface area contributed by atoms with Gasteiger partial charge in [0.05, 0.1) is 5.56 Å². The fraction of sp³-hybridized carbons (Fsp3) is 0. The minimum absolute atomic E-state index is 0.0188. The Morgan fingerprint density at radius 3 is 2.43 bits per heavy atom. The molecule has 4 heteroatoms. The Morgan fingerprint density at radius 2 is 1.62 bits per heavy atom. The van der Waals surface area contributed by atoms with E-state index < -0.39 is 11.7 Å². The summed E-state index contributed by atoms with van der Waals surface area (Å²) in [6.45, 7) is 0. The van der Waals surface area contributed by atoms with E-state index in [1.165, 1.54) is 18.2 Å². The molecule has 0 bridgehead atoms. The molecular formula is C17H12FNO2. The number of halogens is 1. The molecule has 2 N–H and O–H groups in total. The highest BCUT2D eigenvalue weighted by Gasteiger charge is 2.12. The van der Waals surface area contributed by atoms with E-state index >= 15 is 0 Å². The Balaban J connectivity index is 2.01. The van der Waals surface area contributed by atoms with Crippen LogP contribution in [0.15, 0.2) is 60.7 Å². The third-order valence-corrected chi connectivity index (χ3v) is 3.27. The number of amides is 1. The van der Waals surface area contributed by atoms with Gasteiger partial charge in [-0.25, -0.2) is 4.39 Å². The van der Waals surface area contributed by atoms with Crippen molar-refractivity contribution in [2.24, 2.45) is 0 Å². The van der Waals surface area contributed by atoms with Gasteiger partial charge >= 0.3 is 0 Å². The van der Waals surface area contributed by atoms with Crippen molar-refractivity contribution in [1.29, 1.82) is 0 Å². The molecule has 0 aromatic heterocycles. The van der Waals surface area contributed by atoms with E-state index in [1.54, 1.807) is 42.5 Å². The molecule has 0 fully saturated rings. The largest absolute Gasteiger partial charge is 0.507 e. The first-order chi connectivity index (χ1) is 10.2. The molecule has 0 aliphatic carbocycles. The normalized spacial score (nSPS) is 10.5. The Morgan fingerprint density at radius 1 is 0.905 bits per heavy atom. The molecule has 0 saturated heterocycles. The SMILES string of the molecule is O=C(Nc1cccc2c(O)cccc12)c1ccccc1F. The van der Waals surface area contributed by atoms with Crippen molar-refractivity contribution in [2.75, 3.05) is 5.32 Å². The summed E-state index contributed by atoms with van der Waals surface area (Å²) in [6, 6.07) is 16.0. The van der Waals surface area contributed by atoms with Crippen molar-refractivity contribution >= 4 is 22.4 Å². The molecule has 3 rings (SSSR count). The summed E-state index contributed by atoms with van der Waals surface area (Å²) in [5.41, 5.74) is 0.506. The maximum Gasteiger partial charge on any atom is 0.258 e. The van der Waals surface area contributed by atoms with E-state index in [2.05, 4.69) is 5.32 Å². The lowest BCUT2D eigenvalue weighted by molar-refractivity contribution is 0.102. The predicted octanol–water partition coefficient (Wildman–Crippen LogP) is 3.94. The number of phenolic OH excluding ortho intramolecular Hbond substituents is 1. The van der Waals surface area contributed by atoms with Gasteiger partial charge in [0.25, 0.3) is 5.91 Å². The second-order valence-electron chi connectivity index (χ2n) is 4.61. The lowest BCUT2D eigenvalue weighted by Gasteiger charge is -2.10. The Hall–Kier alpha value is -2.88. The van der Waals surface area contributed by atoms with Crippen molar-refractivity contribution in [2.45, 2.75) is 0 Å². The number of benzene rings is 3. The second kappa shape index (κ2) is 5.25. The van der Waals surface area contributed by atoms with Gasteiger partial charge in [0.1, 0.15) is 11.6 Å². The summed E-state index contributed by atoms with van der Waals surface area (Å²) in [7, 11) is 0. The van der Waals surface area contributed by atoms with Crippen molar-refractivity contribution in [3.05, 3.63) is 72.0 Å². The highest BCUT2D eigenvalue weighted by atomic mass is 19.1. The van der Waals surface area contributed by atoms with Gasteiger partial charge < -0.3 is 10.4 Å². The number of hydrogen-bond donors (Lipinski definition) is 2.